The normalized spacial score (nSPS) is 15.8. The molecule has 0 saturated carbocycles. The highest BCUT2D eigenvalue weighted by Crippen LogP contribution is 2.30. The number of pyridine rings is 2. The number of hydrogen-bond acceptors (Lipinski definition) is 6. The van der Waals surface area contributed by atoms with Crippen LogP contribution in [-0.2, 0) is 18.4 Å². The summed E-state index contributed by atoms with van der Waals surface area (Å²) in [5, 5.41) is 14.5. The van der Waals surface area contributed by atoms with Gasteiger partial charge in [0, 0.05) is 36.2 Å². The molecule has 1 aliphatic carbocycles. The van der Waals surface area contributed by atoms with Crippen LogP contribution in [0.4, 0.5) is 11.5 Å². The molecule has 8 heteroatoms. The maximum Gasteiger partial charge on any atom is 0.276 e. The standard InChI is InChI=1S/C28H34N6O2/c1-17(2)33-27(35)23-16-30-26(31-20-8-7-18-12-22(32(5)6)13-19(18)11-20)15-24(23)34(33)21-9-10-29-25(14-21)28(3,4)36/h7-11,14-17,22,36H,12-13H2,1-6H3,(H,30,31). The number of anilines is 2. The molecule has 1 atom stereocenters. The van der Waals surface area contributed by atoms with E-state index in [1.54, 1.807) is 30.9 Å². The SMILES string of the molecule is CC(C)n1c(=O)c2cnc(Nc3ccc4c(c3)CC(N(C)C)C4)cc2n1-c1ccnc(C(C)(C)O)c1. The first-order chi connectivity index (χ1) is 17.0. The molecule has 3 aromatic heterocycles. The second kappa shape index (κ2) is 8.87. The van der Waals surface area contributed by atoms with Crippen LogP contribution in [0.1, 0.15) is 50.6 Å². The van der Waals surface area contributed by atoms with E-state index in [-0.39, 0.29) is 11.6 Å². The maximum absolute atomic E-state index is 13.3. The van der Waals surface area contributed by atoms with Gasteiger partial charge >= 0.3 is 0 Å². The van der Waals surface area contributed by atoms with Crippen molar-refractivity contribution in [1.29, 1.82) is 0 Å². The first-order valence-corrected chi connectivity index (χ1v) is 12.4. The van der Waals surface area contributed by atoms with Crippen LogP contribution in [-0.4, -0.2) is 49.5 Å². The van der Waals surface area contributed by atoms with E-state index in [1.807, 2.05) is 36.7 Å². The van der Waals surface area contributed by atoms with Crippen LogP contribution in [0, 0.1) is 0 Å². The third-order valence-electron chi connectivity index (χ3n) is 6.99. The van der Waals surface area contributed by atoms with Gasteiger partial charge in [0.05, 0.1) is 22.3 Å². The minimum Gasteiger partial charge on any atom is -0.384 e. The van der Waals surface area contributed by atoms with E-state index < -0.39 is 5.60 Å². The number of hydrogen-bond donors (Lipinski definition) is 2. The molecule has 5 rings (SSSR count). The highest BCUT2D eigenvalue weighted by atomic mass is 16.3. The minimum atomic E-state index is -1.10. The summed E-state index contributed by atoms with van der Waals surface area (Å²) >= 11 is 0. The van der Waals surface area contributed by atoms with Crippen molar-refractivity contribution < 1.29 is 5.11 Å². The molecule has 1 aromatic carbocycles. The lowest BCUT2D eigenvalue weighted by atomic mass is 10.0. The van der Waals surface area contributed by atoms with E-state index in [0.29, 0.717) is 22.9 Å². The molecular formula is C28H34N6O2. The lowest BCUT2D eigenvalue weighted by molar-refractivity contribution is 0.0738. The minimum absolute atomic E-state index is 0.0820. The number of aromatic nitrogens is 4. The Kier molecular flexibility index (Phi) is 5.97. The smallest absolute Gasteiger partial charge is 0.276 e. The number of nitrogens with one attached hydrogen (secondary N) is 1. The summed E-state index contributed by atoms with van der Waals surface area (Å²) in [6.45, 7) is 7.36. The summed E-state index contributed by atoms with van der Waals surface area (Å²) in [4.78, 5) is 24.5. The van der Waals surface area contributed by atoms with Gasteiger partial charge in [-0.05, 0) is 90.0 Å². The zero-order valence-corrected chi connectivity index (χ0v) is 21.8. The summed E-state index contributed by atoms with van der Waals surface area (Å²) in [6.07, 6.45) is 5.41. The Balaban J connectivity index is 1.58. The molecule has 0 spiro atoms. The van der Waals surface area contributed by atoms with E-state index in [1.165, 1.54) is 11.1 Å². The van der Waals surface area contributed by atoms with Crippen LogP contribution in [0.5, 0.6) is 0 Å². The zero-order valence-electron chi connectivity index (χ0n) is 21.8. The van der Waals surface area contributed by atoms with Crippen LogP contribution >= 0.6 is 0 Å². The monoisotopic (exact) mass is 486 g/mol. The third kappa shape index (κ3) is 4.31. The molecule has 4 aromatic rings. The number of aliphatic hydroxyl groups is 1. The molecule has 2 N–H and O–H groups in total. The second-order valence-electron chi connectivity index (χ2n) is 10.7. The number of rotatable bonds is 6. The van der Waals surface area contributed by atoms with Crippen LogP contribution in [0.25, 0.3) is 16.6 Å². The van der Waals surface area contributed by atoms with E-state index in [0.717, 1.165) is 29.7 Å². The van der Waals surface area contributed by atoms with Gasteiger partial charge in [-0.15, -0.1) is 0 Å². The number of nitrogens with zero attached hydrogens (tertiary/aromatic N) is 5. The van der Waals surface area contributed by atoms with Crippen molar-refractivity contribution >= 4 is 22.4 Å². The number of fused-ring (bicyclic) bond motifs is 2. The number of benzene rings is 1. The van der Waals surface area contributed by atoms with Crippen molar-refractivity contribution in [2.24, 2.45) is 0 Å². The first kappa shape index (κ1) is 24.2. The van der Waals surface area contributed by atoms with Crippen molar-refractivity contribution in [3.8, 4) is 5.69 Å². The Labute approximate surface area is 211 Å². The lowest BCUT2D eigenvalue weighted by Gasteiger charge is -2.20. The molecule has 3 heterocycles. The quantitative estimate of drug-likeness (QED) is 0.425. The Morgan fingerprint density at radius 2 is 1.83 bits per heavy atom. The predicted molar refractivity (Wildman–Crippen MR) is 143 cm³/mol. The molecule has 0 saturated heterocycles. The molecular weight excluding hydrogens is 452 g/mol. The van der Waals surface area contributed by atoms with Gasteiger partial charge in [0.15, 0.2) is 0 Å². The zero-order chi connectivity index (χ0) is 25.8. The number of likely N-dealkylation sites (N-methyl/N-ethyl adjacent to an activating group) is 1. The molecule has 0 amide bonds. The van der Waals surface area contributed by atoms with Gasteiger partial charge in [0.1, 0.15) is 11.4 Å². The highest BCUT2D eigenvalue weighted by molar-refractivity contribution is 5.83. The fraction of sp³-hybridized carbons (Fsp3) is 0.393. The largest absolute Gasteiger partial charge is 0.384 e. The summed E-state index contributed by atoms with van der Waals surface area (Å²) < 4.78 is 3.62. The first-order valence-electron chi connectivity index (χ1n) is 12.4. The van der Waals surface area contributed by atoms with E-state index >= 15 is 0 Å². The Morgan fingerprint density at radius 3 is 2.53 bits per heavy atom. The molecule has 8 nitrogen and oxygen atoms in total. The van der Waals surface area contributed by atoms with E-state index in [2.05, 4.69) is 52.5 Å². The van der Waals surface area contributed by atoms with Crippen LogP contribution in [0.2, 0.25) is 0 Å². The van der Waals surface area contributed by atoms with Crippen LogP contribution in [0.3, 0.4) is 0 Å². The average molecular weight is 487 g/mol. The lowest BCUT2D eigenvalue weighted by Crippen LogP contribution is -2.27. The van der Waals surface area contributed by atoms with Gasteiger partial charge < -0.3 is 15.3 Å². The molecule has 0 fully saturated rings. The molecule has 36 heavy (non-hydrogen) atoms. The van der Waals surface area contributed by atoms with E-state index in [9.17, 15) is 9.90 Å². The van der Waals surface area contributed by atoms with Gasteiger partial charge in [0.25, 0.3) is 5.56 Å². The fourth-order valence-corrected chi connectivity index (χ4v) is 4.98. The van der Waals surface area contributed by atoms with Gasteiger partial charge in [-0.3, -0.25) is 9.78 Å². The Morgan fingerprint density at radius 1 is 1.08 bits per heavy atom. The van der Waals surface area contributed by atoms with Gasteiger partial charge in [-0.25, -0.2) is 14.3 Å². The average Bonchev–Trinajstić information content (AvgIpc) is 3.37. The third-order valence-corrected chi connectivity index (χ3v) is 6.99. The summed E-state index contributed by atoms with van der Waals surface area (Å²) in [6, 6.07) is 12.5. The predicted octanol–water partition coefficient (Wildman–Crippen LogP) is 4.16. The molecule has 0 bridgehead atoms. The second-order valence-corrected chi connectivity index (χ2v) is 10.7. The van der Waals surface area contributed by atoms with Crippen molar-refractivity contribution in [1.82, 2.24) is 24.2 Å². The summed E-state index contributed by atoms with van der Waals surface area (Å²) in [7, 11) is 4.26. The molecule has 0 radical (unpaired) electrons. The molecule has 1 unspecified atom stereocenters. The maximum atomic E-state index is 13.3. The van der Waals surface area contributed by atoms with Crippen molar-refractivity contribution in [3.05, 3.63) is 76.0 Å². The van der Waals surface area contributed by atoms with Crippen molar-refractivity contribution in [2.75, 3.05) is 19.4 Å². The summed E-state index contributed by atoms with van der Waals surface area (Å²) in [5.74, 6) is 0.663. The highest BCUT2D eigenvalue weighted by Gasteiger charge is 2.24. The van der Waals surface area contributed by atoms with Gasteiger partial charge in [0.2, 0.25) is 0 Å². The molecule has 0 aliphatic heterocycles. The van der Waals surface area contributed by atoms with Crippen LogP contribution < -0.4 is 10.9 Å². The van der Waals surface area contributed by atoms with Crippen molar-refractivity contribution in [2.45, 2.75) is 58.2 Å². The summed E-state index contributed by atoms with van der Waals surface area (Å²) in [5.41, 5.74) is 4.56. The molecule has 188 valence electrons. The fourth-order valence-electron chi connectivity index (χ4n) is 4.98. The Hall–Kier alpha value is -3.49. The Bertz CT molecular complexity index is 1490. The van der Waals surface area contributed by atoms with Gasteiger partial charge in [-0.1, -0.05) is 6.07 Å². The van der Waals surface area contributed by atoms with Gasteiger partial charge in [-0.2, -0.15) is 0 Å². The topological polar surface area (TPSA) is 88.2 Å². The van der Waals surface area contributed by atoms with E-state index in [4.69, 9.17) is 0 Å². The van der Waals surface area contributed by atoms with Crippen molar-refractivity contribution in [3.63, 3.8) is 0 Å². The molecule has 1 aliphatic rings. The van der Waals surface area contributed by atoms with Crippen LogP contribution in [0.15, 0.2) is 53.6 Å².